The number of thioether (sulfide) groups is 1. The molecule has 0 aromatic carbocycles. The van der Waals surface area contributed by atoms with Gasteiger partial charge in [-0.1, -0.05) is 23.4 Å². The summed E-state index contributed by atoms with van der Waals surface area (Å²) in [5, 5.41) is 12.6. The highest BCUT2D eigenvalue weighted by molar-refractivity contribution is 8.13. The Morgan fingerprint density at radius 1 is 1.79 bits per heavy atom. The second-order valence-corrected chi connectivity index (χ2v) is 5.43. The van der Waals surface area contributed by atoms with Crippen molar-refractivity contribution < 1.29 is 14.6 Å². The fourth-order valence-electron chi connectivity index (χ4n) is 1.11. The highest BCUT2D eigenvalue weighted by Crippen LogP contribution is 2.21. The number of ether oxygens (including phenoxy) is 1. The average Bonchev–Trinajstić information content (AvgIpc) is 2.78. The smallest absolute Gasteiger partial charge is 0.416 e. The molecule has 0 saturated carbocycles. The van der Waals surface area contributed by atoms with Crippen LogP contribution in [-0.4, -0.2) is 39.5 Å². The molecule has 0 bridgehead atoms. The van der Waals surface area contributed by atoms with Crippen molar-refractivity contribution in [1.82, 2.24) is 9.88 Å². The van der Waals surface area contributed by atoms with Crippen molar-refractivity contribution in [2.45, 2.75) is 6.54 Å². The Morgan fingerprint density at radius 3 is 2.89 bits per heavy atom. The molecule has 0 aliphatic carbocycles. The number of carbonyl (C=O) groups is 1. The number of hydrogen-bond donors (Lipinski definition) is 0. The van der Waals surface area contributed by atoms with E-state index in [1.807, 2.05) is 0 Å². The van der Waals surface area contributed by atoms with Crippen LogP contribution in [-0.2, 0) is 11.3 Å². The third-order valence-corrected chi connectivity index (χ3v) is 3.58. The second-order valence-electron chi connectivity index (χ2n) is 2.96. The maximum absolute atomic E-state index is 11.6. The molecule has 0 N–H and O–H groups in total. The molecule has 1 rings (SSSR count). The molecule has 1 aromatic rings. The lowest BCUT2D eigenvalue weighted by Gasteiger charge is -2.18. The molecule has 104 valence electrons. The van der Waals surface area contributed by atoms with Gasteiger partial charge in [0.05, 0.1) is 18.8 Å². The van der Waals surface area contributed by atoms with Gasteiger partial charge in [-0.3, -0.25) is 0 Å². The number of amidine groups is 1. The van der Waals surface area contributed by atoms with E-state index in [4.69, 9.17) is 11.6 Å². The maximum atomic E-state index is 11.6. The van der Waals surface area contributed by atoms with Crippen LogP contribution in [0.2, 0.25) is 4.47 Å². The molecule has 0 radical (unpaired) electrons. The minimum Gasteiger partial charge on any atom is -0.452 e. The minimum absolute atomic E-state index is 0.0462. The van der Waals surface area contributed by atoms with Crippen molar-refractivity contribution >= 4 is 46.0 Å². The van der Waals surface area contributed by atoms with Crippen molar-refractivity contribution in [1.29, 1.82) is 0 Å². The number of hydrazone groups is 1. The number of rotatable bonds is 3. The summed E-state index contributed by atoms with van der Waals surface area (Å²) < 4.78 is 4.89. The van der Waals surface area contributed by atoms with E-state index in [1.54, 1.807) is 6.26 Å². The average molecular weight is 325 g/mol. The van der Waals surface area contributed by atoms with Gasteiger partial charge in [0.15, 0.2) is 9.50 Å². The van der Waals surface area contributed by atoms with Gasteiger partial charge in [-0.15, -0.1) is 11.3 Å². The SMILES string of the molecule is COC(=O)N(Cc1cnc(Cl)s1)C(=N[N+](=O)[O-])SC. The number of methoxy groups -OCH3 is 1. The van der Waals surface area contributed by atoms with E-state index in [2.05, 4.69) is 14.8 Å². The summed E-state index contributed by atoms with van der Waals surface area (Å²) in [5.74, 6) is 0. The van der Waals surface area contributed by atoms with Crippen molar-refractivity contribution in [3.63, 3.8) is 0 Å². The van der Waals surface area contributed by atoms with Gasteiger partial charge in [0.25, 0.3) is 0 Å². The number of hydrogen-bond acceptors (Lipinski definition) is 7. The van der Waals surface area contributed by atoms with Gasteiger partial charge in [0.2, 0.25) is 5.17 Å². The van der Waals surface area contributed by atoms with E-state index in [1.165, 1.54) is 13.3 Å². The van der Waals surface area contributed by atoms with Crippen LogP contribution in [0.15, 0.2) is 11.3 Å². The summed E-state index contributed by atoms with van der Waals surface area (Å²) in [7, 11) is 1.18. The van der Waals surface area contributed by atoms with Crippen LogP contribution in [0.1, 0.15) is 4.88 Å². The summed E-state index contributed by atoms with van der Waals surface area (Å²) in [6.07, 6.45) is 2.30. The Bertz CT molecular complexity index is 507. The summed E-state index contributed by atoms with van der Waals surface area (Å²) in [6, 6.07) is 0. The minimum atomic E-state index is -0.874. The van der Waals surface area contributed by atoms with E-state index in [0.717, 1.165) is 28.0 Å². The fourth-order valence-corrected chi connectivity index (χ4v) is 2.58. The molecule has 0 spiro atoms. The molecule has 8 nitrogen and oxygen atoms in total. The summed E-state index contributed by atoms with van der Waals surface area (Å²) in [4.78, 5) is 27.6. The van der Waals surface area contributed by atoms with Crippen LogP contribution in [0.5, 0.6) is 0 Å². The summed E-state index contributed by atoms with van der Waals surface area (Å²) in [6.45, 7) is 0.0462. The largest absolute Gasteiger partial charge is 0.452 e. The van der Waals surface area contributed by atoms with Crippen LogP contribution < -0.4 is 0 Å². The van der Waals surface area contributed by atoms with E-state index in [-0.39, 0.29) is 11.7 Å². The van der Waals surface area contributed by atoms with Gasteiger partial charge in [-0.25, -0.2) is 24.8 Å². The van der Waals surface area contributed by atoms with E-state index in [9.17, 15) is 14.9 Å². The molecule has 19 heavy (non-hydrogen) atoms. The van der Waals surface area contributed by atoms with Crippen LogP contribution in [0, 0.1) is 10.1 Å². The number of aromatic nitrogens is 1. The number of nitro groups is 1. The van der Waals surface area contributed by atoms with Crippen molar-refractivity contribution in [2.75, 3.05) is 13.4 Å². The third kappa shape index (κ3) is 4.65. The first-order valence-corrected chi connectivity index (χ1v) is 7.12. The fraction of sp³-hybridized carbons (Fsp3) is 0.375. The van der Waals surface area contributed by atoms with Crippen molar-refractivity contribution in [3.8, 4) is 0 Å². The van der Waals surface area contributed by atoms with Crippen LogP contribution in [0.3, 0.4) is 0 Å². The second kappa shape index (κ2) is 7.26. The normalized spacial score (nSPS) is 11.2. The van der Waals surface area contributed by atoms with E-state index < -0.39 is 11.1 Å². The first-order chi connectivity index (χ1) is 8.97. The Morgan fingerprint density at radius 2 is 2.47 bits per heavy atom. The highest BCUT2D eigenvalue weighted by atomic mass is 35.5. The quantitative estimate of drug-likeness (QED) is 0.366. The third-order valence-electron chi connectivity index (χ3n) is 1.81. The molecule has 1 aromatic heterocycles. The first-order valence-electron chi connectivity index (χ1n) is 4.70. The van der Waals surface area contributed by atoms with Gasteiger partial charge in [-0.05, 0) is 6.26 Å². The Balaban J connectivity index is 3.00. The zero-order chi connectivity index (χ0) is 14.4. The number of halogens is 1. The lowest BCUT2D eigenvalue weighted by Crippen LogP contribution is -2.34. The molecule has 0 atom stereocenters. The van der Waals surface area contributed by atoms with Gasteiger partial charge in [0, 0.05) is 11.1 Å². The Kier molecular flexibility index (Phi) is 5.99. The van der Waals surface area contributed by atoms with Crippen molar-refractivity contribution in [3.05, 3.63) is 25.7 Å². The lowest BCUT2D eigenvalue weighted by molar-refractivity contribution is -0.485. The Labute approximate surface area is 121 Å². The number of carbonyl (C=O) groups excluding carboxylic acids is 1. The molecule has 0 aliphatic rings. The molecule has 0 unspecified atom stereocenters. The highest BCUT2D eigenvalue weighted by Gasteiger charge is 2.24. The number of nitrogens with zero attached hydrogens (tertiary/aromatic N) is 4. The van der Waals surface area contributed by atoms with Crippen LogP contribution in [0.4, 0.5) is 4.79 Å². The van der Waals surface area contributed by atoms with Gasteiger partial charge in [0.1, 0.15) is 0 Å². The standard InChI is InChI=1S/C8H9ClN4O4S2/c1-17-8(14)12(7(18-2)11-13(15)16)4-5-3-10-6(9)19-5/h3H,4H2,1-2H3. The topological polar surface area (TPSA) is 97.9 Å². The molecule has 1 amide bonds. The predicted molar refractivity (Wildman–Crippen MR) is 73.0 cm³/mol. The predicted octanol–water partition coefficient (Wildman–Crippen LogP) is 2.28. The number of thiazole rings is 1. The number of amides is 1. The molecule has 1 heterocycles. The monoisotopic (exact) mass is 324 g/mol. The van der Waals surface area contributed by atoms with Gasteiger partial charge >= 0.3 is 6.09 Å². The molecule has 11 heteroatoms. The first kappa shape index (κ1) is 15.7. The molecular formula is C8H9ClN4O4S2. The van der Waals surface area contributed by atoms with Crippen molar-refractivity contribution in [2.24, 2.45) is 5.10 Å². The maximum Gasteiger partial charge on any atom is 0.416 e. The molecule has 0 aliphatic heterocycles. The Hall–Kier alpha value is -1.39. The van der Waals surface area contributed by atoms with Gasteiger partial charge in [-0.2, -0.15) is 0 Å². The zero-order valence-corrected chi connectivity index (χ0v) is 12.3. The van der Waals surface area contributed by atoms with E-state index >= 15 is 0 Å². The lowest BCUT2D eigenvalue weighted by atomic mass is 10.5. The van der Waals surface area contributed by atoms with Crippen LogP contribution >= 0.6 is 34.7 Å². The summed E-state index contributed by atoms with van der Waals surface area (Å²) in [5.41, 5.74) is 0. The molecule has 0 fully saturated rings. The zero-order valence-electron chi connectivity index (χ0n) is 9.90. The van der Waals surface area contributed by atoms with E-state index in [0.29, 0.717) is 9.34 Å². The molecule has 0 saturated heterocycles. The molecular weight excluding hydrogens is 316 g/mol. The van der Waals surface area contributed by atoms with Crippen LogP contribution in [0.25, 0.3) is 0 Å². The summed E-state index contributed by atoms with van der Waals surface area (Å²) >= 11 is 7.81. The van der Waals surface area contributed by atoms with Gasteiger partial charge < -0.3 is 4.74 Å².